The Hall–Kier alpha value is -2.41. The summed E-state index contributed by atoms with van der Waals surface area (Å²) in [5.41, 5.74) is 1.29. The molecule has 23 heavy (non-hydrogen) atoms. The van der Waals surface area contributed by atoms with E-state index in [0.29, 0.717) is 24.3 Å². The molecule has 0 aliphatic heterocycles. The van der Waals surface area contributed by atoms with Crippen LogP contribution in [-0.4, -0.2) is 29.6 Å². The van der Waals surface area contributed by atoms with Gasteiger partial charge < -0.3 is 0 Å². The van der Waals surface area contributed by atoms with Crippen molar-refractivity contribution in [2.45, 2.75) is 25.2 Å². The Kier molecular flexibility index (Phi) is 4.04. The van der Waals surface area contributed by atoms with Gasteiger partial charge in [-0.25, -0.2) is 8.42 Å². The van der Waals surface area contributed by atoms with Gasteiger partial charge >= 0.3 is 0 Å². The largest absolute Gasteiger partial charge is 0.285 e. The van der Waals surface area contributed by atoms with Gasteiger partial charge in [-0.15, -0.1) is 10.2 Å². The standard InChI is InChI=1S/C16H18N4O2S/c1-3-15-17-18-16-11-10-14(12-19(15)16)23(21,22)20(4-2)13-8-6-5-7-9-13/h5-12H,3-4H2,1-2H3. The highest BCUT2D eigenvalue weighted by Gasteiger charge is 2.24. The molecule has 0 amide bonds. The number of hydrogen-bond acceptors (Lipinski definition) is 4. The first kappa shape index (κ1) is 15.5. The molecular formula is C16H18N4O2S. The van der Waals surface area contributed by atoms with Crippen LogP contribution in [0.4, 0.5) is 5.69 Å². The van der Waals surface area contributed by atoms with Crippen LogP contribution in [0, 0.1) is 0 Å². The van der Waals surface area contributed by atoms with E-state index in [4.69, 9.17) is 0 Å². The molecule has 2 heterocycles. The summed E-state index contributed by atoms with van der Waals surface area (Å²) in [6.07, 6.45) is 2.27. The summed E-state index contributed by atoms with van der Waals surface area (Å²) in [5, 5.41) is 8.11. The number of fused-ring (bicyclic) bond motifs is 1. The van der Waals surface area contributed by atoms with Crippen molar-refractivity contribution in [3.05, 3.63) is 54.5 Å². The van der Waals surface area contributed by atoms with Crippen LogP contribution in [0.3, 0.4) is 0 Å². The van der Waals surface area contributed by atoms with Gasteiger partial charge in [0, 0.05) is 19.2 Å². The molecule has 0 saturated heterocycles. The fourth-order valence-corrected chi connectivity index (χ4v) is 4.00. The highest BCUT2D eigenvalue weighted by Crippen LogP contribution is 2.23. The predicted molar refractivity (Wildman–Crippen MR) is 89.0 cm³/mol. The molecule has 0 aliphatic rings. The number of pyridine rings is 1. The van der Waals surface area contributed by atoms with Gasteiger partial charge in [0.2, 0.25) is 0 Å². The van der Waals surface area contributed by atoms with Crippen LogP contribution in [0.2, 0.25) is 0 Å². The van der Waals surface area contributed by atoms with Crippen molar-refractivity contribution in [1.29, 1.82) is 0 Å². The Morgan fingerprint density at radius 1 is 1.04 bits per heavy atom. The van der Waals surface area contributed by atoms with E-state index in [9.17, 15) is 8.42 Å². The SMILES string of the molecule is CCc1nnc2ccc(S(=O)(=O)N(CC)c3ccccc3)cn12. The maximum Gasteiger partial charge on any atom is 0.265 e. The third kappa shape index (κ3) is 2.68. The molecule has 0 bridgehead atoms. The molecule has 0 unspecified atom stereocenters. The van der Waals surface area contributed by atoms with Crippen molar-refractivity contribution in [2.75, 3.05) is 10.8 Å². The summed E-state index contributed by atoms with van der Waals surface area (Å²) in [7, 11) is -3.64. The summed E-state index contributed by atoms with van der Waals surface area (Å²) in [5.74, 6) is 0.736. The number of hydrogen-bond donors (Lipinski definition) is 0. The monoisotopic (exact) mass is 330 g/mol. The molecule has 3 rings (SSSR count). The first-order valence-corrected chi connectivity index (χ1v) is 8.93. The number of benzene rings is 1. The van der Waals surface area contributed by atoms with E-state index in [1.165, 1.54) is 4.31 Å². The van der Waals surface area contributed by atoms with Crippen LogP contribution in [0.5, 0.6) is 0 Å². The van der Waals surface area contributed by atoms with Crippen molar-refractivity contribution in [3.63, 3.8) is 0 Å². The van der Waals surface area contributed by atoms with E-state index in [0.717, 1.165) is 5.82 Å². The molecule has 6 nitrogen and oxygen atoms in total. The van der Waals surface area contributed by atoms with E-state index in [1.807, 2.05) is 32.0 Å². The minimum Gasteiger partial charge on any atom is -0.285 e. The number of sulfonamides is 1. The number of aromatic nitrogens is 3. The zero-order valence-corrected chi connectivity index (χ0v) is 13.9. The van der Waals surface area contributed by atoms with E-state index < -0.39 is 10.0 Å². The Morgan fingerprint density at radius 3 is 2.43 bits per heavy atom. The molecule has 0 radical (unpaired) electrons. The van der Waals surface area contributed by atoms with Crippen LogP contribution in [-0.2, 0) is 16.4 Å². The molecule has 0 fully saturated rings. The second-order valence-electron chi connectivity index (χ2n) is 5.07. The van der Waals surface area contributed by atoms with Crippen LogP contribution < -0.4 is 4.31 Å². The van der Waals surface area contributed by atoms with Crippen LogP contribution >= 0.6 is 0 Å². The van der Waals surface area contributed by atoms with Gasteiger partial charge in [0.25, 0.3) is 10.0 Å². The molecule has 7 heteroatoms. The topological polar surface area (TPSA) is 67.6 Å². The van der Waals surface area contributed by atoms with Gasteiger partial charge in [-0.2, -0.15) is 0 Å². The van der Waals surface area contributed by atoms with Crippen LogP contribution in [0.15, 0.2) is 53.6 Å². The van der Waals surface area contributed by atoms with E-state index in [2.05, 4.69) is 10.2 Å². The number of anilines is 1. The molecule has 0 saturated carbocycles. The third-order valence-corrected chi connectivity index (χ3v) is 5.57. The molecule has 2 aromatic heterocycles. The molecule has 3 aromatic rings. The minimum atomic E-state index is -3.64. The minimum absolute atomic E-state index is 0.227. The average molecular weight is 330 g/mol. The lowest BCUT2D eigenvalue weighted by atomic mass is 10.3. The molecule has 0 aliphatic carbocycles. The lowest BCUT2D eigenvalue weighted by Gasteiger charge is -2.22. The fraction of sp³-hybridized carbons (Fsp3) is 0.250. The number of aryl methyl sites for hydroxylation is 1. The number of rotatable bonds is 5. The quantitative estimate of drug-likeness (QED) is 0.721. The van der Waals surface area contributed by atoms with Crippen molar-refractivity contribution in [1.82, 2.24) is 14.6 Å². The normalized spacial score (nSPS) is 11.7. The van der Waals surface area contributed by atoms with E-state index in [1.54, 1.807) is 34.9 Å². The molecule has 1 aromatic carbocycles. The Balaban J connectivity index is 2.11. The summed E-state index contributed by atoms with van der Waals surface area (Å²) < 4.78 is 29.1. The lowest BCUT2D eigenvalue weighted by Crippen LogP contribution is -2.30. The second-order valence-corrected chi connectivity index (χ2v) is 6.93. The lowest BCUT2D eigenvalue weighted by molar-refractivity contribution is 0.591. The van der Waals surface area contributed by atoms with Gasteiger partial charge in [0.1, 0.15) is 10.7 Å². The van der Waals surface area contributed by atoms with Crippen molar-refractivity contribution >= 4 is 21.4 Å². The van der Waals surface area contributed by atoms with Crippen molar-refractivity contribution < 1.29 is 8.42 Å². The Morgan fingerprint density at radius 2 is 1.78 bits per heavy atom. The average Bonchev–Trinajstić information content (AvgIpc) is 2.98. The van der Waals surface area contributed by atoms with Gasteiger partial charge in [-0.05, 0) is 31.2 Å². The number of para-hydroxylation sites is 1. The van der Waals surface area contributed by atoms with Crippen molar-refractivity contribution in [2.24, 2.45) is 0 Å². The highest BCUT2D eigenvalue weighted by molar-refractivity contribution is 7.92. The Labute approximate surface area is 135 Å². The smallest absolute Gasteiger partial charge is 0.265 e. The maximum atomic E-state index is 13.0. The number of nitrogens with zero attached hydrogens (tertiary/aromatic N) is 4. The zero-order valence-electron chi connectivity index (χ0n) is 13.0. The summed E-state index contributed by atoms with van der Waals surface area (Å²) in [6.45, 7) is 4.13. The summed E-state index contributed by atoms with van der Waals surface area (Å²) in [6, 6.07) is 12.3. The fourth-order valence-electron chi connectivity index (χ4n) is 2.53. The van der Waals surface area contributed by atoms with Crippen LogP contribution in [0.1, 0.15) is 19.7 Å². The predicted octanol–water partition coefficient (Wildman–Crippen LogP) is 2.51. The van der Waals surface area contributed by atoms with Gasteiger partial charge in [0.05, 0.1) is 5.69 Å². The molecule has 0 N–H and O–H groups in total. The third-order valence-electron chi connectivity index (χ3n) is 3.68. The molecule has 0 atom stereocenters. The molecule has 0 spiro atoms. The van der Waals surface area contributed by atoms with Gasteiger partial charge in [-0.3, -0.25) is 8.71 Å². The molecule has 120 valence electrons. The first-order valence-electron chi connectivity index (χ1n) is 7.49. The van der Waals surface area contributed by atoms with E-state index in [-0.39, 0.29) is 4.90 Å². The van der Waals surface area contributed by atoms with Crippen LogP contribution in [0.25, 0.3) is 5.65 Å². The first-order chi connectivity index (χ1) is 11.1. The zero-order chi connectivity index (χ0) is 16.4. The summed E-state index contributed by atoms with van der Waals surface area (Å²) >= 11 is 0. The van der Waals surface area contributed by atoms with E-state index >= 15 is 0 Å². The highest BCUT2D eigenvalue weighted by atomic mass is 32.2. The Bertz CT molecular complexity index is 920. The summed E-state index contributed by atoms with van der Waals surface area (Å²) in [4.78, 5) is 0.227. The van der Waals surface area contributed by atoms with Crippen molar-refractivity contribution in [3.8, 4) is 0 Å². The maximum absolute atomic E-state index is 13.0. The van der Waals surface area contributed by atoms with Gasteiger partial charge in [0.15, 0.2) is 5.65 Å². The second kappa shape index (κ2) is 6.00. The molecular weight excluding hydrogens is 312 g/mol. The van der Waals surface area contributed by atoms with Gasteiger partial charge in [-0.1, -0.05) is 25.1 Å².